The van der Waals surface area contributed by atoms with Crippen molar-refractivity contribution in [1.82, 2.24) is 0 Å². The van der Waals surface area contributed by atoms with Crippen LogP contribution in [0.3, 0.4) is 0 Å². The average molecular weight is 159 g/mol. The van der Waals surface area contributed by atoms with Crippen molar-refractivity contribution < 1.29 is 0 Å². The number of rotatable bonds is 3. The van der Waals surface area contributed by atoms with Gasteiger partial charge < -0.3 is 0 Å². The van der Waals surface area contributed by atoms with E-state index in [-0.39, 0.29) is 0 Å². The van der Waals surface area contributed by atoms with E-state index in [2.05, 4.69) is 23.7 Å². The van der Waals surface area contributed by atoms with Gasteiger partial charge in [-0.15, -0.1) is 6.58 Å². The number of hydrogen-bond donors (Lipinski definition) is 0. The van der Waals surface area contributed by atoms with Gasteiger partial charge in [-0.3, -0.25) is 4.99 Å². The van der Waals surface area contributed by atoms with E-state index in [1.54, 1.807) is 6.08 Å². The Hall–Kier alpha value is -1.37. The third kappa shape index (κ3) is 2.35. The maximum Gasteiger partial charge on any atom is 0.0571 e. The zero-order chi connectivity index (χ0) is 8.81. The minimum Gasteiger partial charge on any atom is -0.285 e. The van der Waals surface area contributed by atoms with Gasteiger partial charge in [0.2, 0.25) is 0 Å². The molecule has 0 spiro atoms. The van der Waals surface area contributed by atoms with E-state index in [1.807, 2.05) is 25.1 Å². The molecule has 1 aromatic rings. The second kappa shape index (κ2) is 4.50. The van der Waals surface area contributed by atoms with E-state index in [9.17, 15) is 0 Å². The molecule has 0 aliphatic rings. The summed E-state index contributed by atoms with van der Waals surface area (Å²) in [6, 6.07) is 10.2. The molecule has 0 saturated heterocycles. The summed E-state index contributed by atoms with van der Waals surface area (Å²) >= 11 is 0. The fourth-order valence-electron chi connectivity index (χ4n) is 0.972. The largest absolute Gasteiger partial charge is 0.285 e. The zero-order valence-electron chi connectivity index (χ0n) is 7.33. The summed E-state index contributed by atoms with van der Waals surface area (Å²) in [4.78, 5) is 4.31. The maximum atomic E-state index is 4.31. The Labute approximate surface area is 73.5 Å². The van der Waals surface area contributed by atoms with Crippen molar-refractivity contribution in [3.05, 3.63) is 48.6 Å². The SMILES string of the molecule is C=CC/N=C(\C)c1ccccc1. The van der Waals surface area contributed by atoms with Gasteiger partial charge in [-0.05, 0) is 12.5 Å². The molecule has 0 aliphatic heterocycles. The Balaban J connectivity index is 2.77. The average Bonchev–Trinajstić information content (AvgIpc) is 2.15. The van der Waals surface area contributed by atoms with E-state index in [0.717, 1.165) is 5.71 Å². The first-order valence-corrected chi connectivity index (χ1v) is 4.02. The van der Waals surface area contributed by atoms with Crippen LogP contribution in [0.25, 0.3) is 0 Å². The lowest BCUT2D eigenvalue weighted by Gasteiger charge is -1.98. The number of aliphatic imine (C=N–C) groups is 1. The second-order valence-electron chi connectivity index (χ2n) is 2.58. The van der Waals surface area contributed by atoms with Crippen LogP contribution >= 0.6 is 0 Å². The lowest BCUT2D eigenvalue weighted by Crippen LogP contribution is -1.94. The van der Waals surface area contributed by atoms with E-state index in [4.69, 9.17) is 0 Å². The van der Waals surface area contributed by atoms with Crippen LogP contribution in [-0.2, 0) is 0 Å². The third-order valence-electron chi connectivity index (χ3n) is 1.65. The van der Waals surface area contributed by atoms with Gasteiger partial charge in [-0.1, -0.05) is 36.4 Å². The van der Waals surface area contributed by atoms with Crippen molar-refractivity contribution in [3.8, 4) is 0 Å². The molecule has 0 atom stereocenters. The highest BCUT2D eigenvalue weighted by atomic mass is 14.7. The minimum atomic E-state index is 0.695. The quantitative estimate of drug-likeness (QED) is 0.475. The molecule has 1 heteroatoms. The van der Waals surface area contributed by atoms with Gasteiger partial charge in [0.1, 0.15) is 0 Å². The van der Waals surface area contributed by atoms with E-state index >= 15 is 0 Å². The summed E-state index contributed by atoms with van der Waals surface area (Å²) in [5, 5.41) is 0. The first-order chi connectivity index (χ1) is 5.84. The van der Waals surface area contributed by atoms with Gasteiger partial charge in [-0.25, -0.2) is 0 Å². The Morgan fingerprint density at radius 3 is 2.67 bits per heavy atom. The Kier molecular flexibility index (Phi) is 3.27. The predicted octanol–water partition coefficient (Wildman–Crippen LogP) is 2.68. The van der Waals surface area contributed by atoms with Crippen molar-refractivity contribution in [2.24, 2.45) is 4.99 Å². The Morgan fingerprint density at radius 2 is 2.08 bits per heavy atom. The number of benzene rings is 1. The van der Waals surface area contributed by atoms with Gasteiger partial charge >= 0.3 is 0 Å². The van der Waals surface area contributed by atoms with Gasteiger partial charge in [0.25, 0.3) is 0 Å². The molecule has 0 radical (unpaired) electrons. The van der Waals surface area contributed by atoms with Crippen LogP contribution in [0.1, 0.15) is 12.5 Å². The highest BCUT2D eigenvalue weighted by molar-refractivity contribution is 5.98. The molecule has 0 N–H and O–H groups in total. The molecule has 1 rings (SSSR count). The minimum absolute atomic E-state index is 0.695. The van der Waals surface area contributed by atoms with Crippen LogP contribution in [0.15, 0.2) is 48.0 Å². The molecule has 62 valence electrons. The molecular formula is C11H13N. The smallest absolute Gasteiger partial charge is 0.0571 e. The molecule has 1 aromatic carbocycles. The van der Waals surface area contributed by atoms with Crippen LogP contribution in [0.5, 0.6) is 0 Å². The summed E-state index contributed by atoms with van der Waals surface area (Å²) in [6.07, 6.45) is 1.80. The summed E-state index contributed by atoms with van der Waals surface area (Å²) < 4.78 is 0. The number of hydrogen-bond acceptors (Lipinski definition) is 1. The van der Waals surface area contributed by atoms with E-state index in [1.165, 1.54) is 5.56 Å². The summed E-state index contributed by atoms with van der Waals surface area (Å²) in [7, 11) is 0. The molecule has 0 unspecified atom stereocenters. The van der Waals surface area contributed by atoms with Crippen molar-refractivity contribution in [2.75, 3.05) is 6.54 Å². The topological polar surface area (TPSA) is 12.4 Å². The standard InChI is InChI=1S/C11H13N/c1-3-9-12-10(2)11-7-5-4-6-8-11/h3-8H,1,9H2,2H3/b12-10+. The molecule has 0 fully saturated rings. The Morgan fingerprint density at radius 1 is 1.42 bits per heavy atom. The molecule has 12 heavy (non-hydrogen) atoms. The van der Waals surface area contributed by atoms with E-state index < -0.39 is 0 Å². The van der Waals surface area contributed by atoms with Crippen LogP contribution in [-0.4, -0.2) is 12.3 Å². The van der Waals surface area contributed by atoms with Gasteiger partial charge in [0, 0.05) is 5.71 Å². The van der Waals surface area contributed by atoms with Crippen molar-refractivity contribution in [1.29, 1.82) is 0 Å². The monoisotopic (exact) mass is 159 g/mol. The fourth-order valence-corrected chi connectivity index (χ4v) is 0.972. The van der Waals surface area contributed by atoms with Gasteiger partial charge in [0.15, 0.2) is 0 Å². The second-order valence-corrected chi connectivity index (χ2v) is 2.58. The third-order valence-corrected chi connectivity index (χ3v) is 1.65. The molecule has 0 heterocycles. The molecule has 0 amide bonds. The highest BCUT2D eigenvalue weighted by Gasteiger charge is 1.92. The van der Waals surface area contributed by atoms with Crippen molar-refractivity contribution >= 4 is 5.71 Å². The van der Waals surface area contributed by atoms with Crippen LogP contribution in [0.4, 0.5) is 0 Å². The summed E-state index contributed by atoms with van der Waals surface area (Å²) in [6.45, 7) is 6.33. The normalized spacial score (nSPS) is 11.2. The van der Waals surface area contributed by atoms with Crippen LogP contribution in [0, 0.1) is 0 Å². The maximum absolute atomic E-state index is 4.31. The molecule has 0 aromatic heterocycles. The molecule has 1 nitrogen and oxygen atoms in total. The highest BCUT2D eigenvalue weighted by Crippen LogP contribution is 2.00. The fraction of sp³-hybridized carbons (Fsp3) is 0.182. The zero-order valence-corrected chi connectivity index (χ0v) is 7.33. The van der Waals surface area contributed by atoms with Gasteiger partial charge in [0.05, 0.1) is 6.54 Å². The molecular weight excluding hydrogens is 146 g/mol. The van der Waals surface area contributed by atoms with Crippen LogP contribution < -0.4 is 0 Å². The van der Waals surface area contributed by atoms with Crippen molar-refractivity contribution in [3.63, 3.8) is 0 Å². The first-order valence-electron chi connectivity index (χ1n) is 4.02. The van der Waals surface area contributed by atoms with E-state index in [0.29, 0.717) is 6.54 Å². The summed E-state index contributed by atoms with van der Waals surface area (Å²) in [5.41, 5.74) is 2.25. The lowest BCUT2D eigenvalue weighted by molar-refractivity contribution is 1.24. The van der Waals surface area contributed by atoms with Crippen LogP contribution in [0.2, 0.25) is 0 Å². The predicted molar refractivity (Wildman–Crippen MR) is 53.7 cm³/mol. The molecule has 0 aliphatic carbocycles. The van der Waals surface area contributed by atoms with Crippen molar-refractivity contribution in [2.45, 2.75) is 6.92 Å². The first kappa shape index (κ1) is 8.72. The lowest BCUT2D eigenvalue weighted by atomic mass is 10.1. The van der Waals surface area contributed by atoms with Gasteiger partial charge in [-0.2, -0.15) is 0 Å². The molecule has 0 saturated carbocycles. The summed E-state index contributed by atoms with van der Waals surface area (Å²) in [5.74, 6) is 0. The molecule has 0 bridgehead atoms. The Bertz CT molecular complexity index is 272. The number of nitrogens with zero attached hydrogens (tertiary/aromatic N) is 1.